The minimum absolute atomic E-state index is 0.223. The van der Waals surface area contributed by atoms with Gasteiger partial charge in [0.05, 0.1) is 5.56 Å². The number of hydrazine groups is 2. The predicted octanol–water partition coefficient (Wildman–Crippen LogP) is -0.489. The number of aromatic carboxylic acids is 1. The number of hydrazone groups is 1. The molecule has 2 aliphatic rings. The van der Waals surface area contributed by atoms with Gasteiger partial charge < -0.3 is 10.8 Å². The molecule has 8 heteroatoms. The zero-order chi connectivity index (χ0) is 13.6. The molecule has 0 unspecified atom stereocenters. The van der Waals surface area contributed by atoms with E-state index in [1.165, 1.54) is 0 Å². The third-order valence-electron chi connectivity index (χ3n) is 2.91. The summed E-state index contributed by atoms with van der Waals surface area (Å²) in [4.78, 5) is 11.0. The second-order valence-electron chi connectivity index (χ2n) is 4.14. The fraction of sp³-hybridized carbons (Fsp3) is 0.0909. The molecular weight excluding hydrogens is 248 g/mol. The fourth-order valence-corrected chi connectivity index (χ4v) is 2.06. The Labute approximate surface area is 108 Å². The van der Waals surface area contributed by atoms with Crippen LogP contribution < -0.4 is 16.6 Å². The van der Waals surface area contributed by atoms with Gasteiger partial charge in [-0.2, -0.15) is 0 Å². The third kappa shape index (κ3) is 1.66. The van der Waals surface area contributed by atoms with Crippen molar-refractivity contribution in [2.45, 2.75) is 0 Å². The molecule has 8 nitrogen and oxygen atoms in total. The van der Waals surface area contributed by atoms with E-state index in [1.807, 2.05) is 6.07 Å². The Morgan fingerprint density at radius 1 is 1.47 bits per heavy atom. The van der Waals surface area contributed by atoms with Gasteiger partial charge in [-0.1, -0.05) is 12.1 Å². The Morgan fingerprint density at radius 2 is 2.26 bits per heavy atom. The molecule has 0 aliphatic carbocycles. The minimum Gasteiger partial charge on any atom is -0.478 e. The maximum absolute atomic E-state index is 11.0. The van der Waals surface area contributed by atoms with Crippen LogP contribution >= 0.6 is 0 Å². The molecule has 0 spiro atoms. The Kier molecular flexibility index (Phi) is 2.32. The molecule has 1 aromatic rings. The van der Waals surface area contributed by atoms with Gasteiger partial charge in [0.25, 0.3) is 0 Å². The SMILES string of the molecule is CN1NC(c2cccc(C(=O)O)c2)=C2NN=C(N)N21. The zero-order valence-electron chi connectivity index (χ0n) is 10.1. The van der Waals surface area contributed by atoms with E-state index in [0.29, 0.717) is 11.8 Å². The summed E-state index contributed by atoms with van der Waals surface area (Å²) in [7, 11) is 1.78. The van der Waals surface area contributed by atoms with Gasteiger partial charge in [-0.05, 0) is 12.1 Å². The van der Waals surface area contributed by atoms with Gasteiger partial charge in [-0.15, -0.1) is 10.2 Å². The van der Waals surface area contributed by atoms with Crippen molar-refractivity contribution < 1.29 is 9.90 Å². The van der Waals surface area contributed by atoms with Crippen LogP contribution in [0.25, 0.3) is 5.70 Å². The van der Waals surface area contributed by atoms with E-state index < -0.39 is 5.97 Å². The Balaban J connectivity index is 2.04. The number of rotatable bonds is 2. The van der Waals surface area contributed by atoms with E-state index in [0.717, 1.165) is 11.3 Å². The van der Waals surface area contributed by atoms with Crippen LogP contribution in [0.3, 0.4) is 0 Å². The summed E-state index contributed by atoms with van der Waals surface area (Å²) < 4.78 is 0. The number of nitrogens with zero attached hydrogens (tertiary/aromatic N) is 3. The molecule has 2 heterocycles. The molecule has 2 aliphatic heterocycles. The number of hydrogen-bond acceptors (Lipinski definition) is 7. The van der Waals surface area contributed by atoms with Gasteiger partial charge in [0.1, 0.15) is 5.70 Å². The largest absolute Gasteiger partial charge is 0.478 e. The third-order valence-corrected chi connectivity index (χ3v) is 2.91. The summed E-state index contributed by atoms with van der Waals surface area (Å²) in [6, 6.07) is 6.64. The van der Waals surface area contributed by atoms with Gasteiger partial charge in [-0.25, -0.2) is 9.80 Å². The van der Waals surface area contributed by atoms with Crippen molar-refractivity contribution in [3.63, 3.8) is 0 Å². The second kappa shape index (κ2) is 3.89. The Bertz CT molecular complexity index is 623. The molecule has 0 saturated carbocycles. The average Bonchev–Trinajstić information content (AvgIpc) is 2.92. The van der Waals surface area contributed by atoms with Crippen LogP contribution in [0.5, 0.6) is 0 Å². The number of benzene rings is 1. The Hall–Kier alpha value is -2.74. The molecule has 0 atom stereocenters. The summed E-state index contributed by atoms with van der Waals surface area (Å²) in [6.07, 6.45) is 0. The molecule has 0 saturated heterocycles. The highest BCUT2D eigenvalue weighted by Gasteiger charge is 2.34. The standard InChI is InChI=1S/C11H12N6O2/c1-16-15-8(9-13-14-11(12)17(9)16)6-3-2-4-7(5-6)10(18)19/h2-5,13,15H,1H3,(H2,12,14)(H,18,19). The van der Waals surface area contributed by atoms with Gasteiger partial charge in [0.15, 0.2) is 5.82 Å². The van der Waals surface area contributed by atoms with Gasteiger partial charge >= 0.3 is 5.97 Å². The second-order valence-corrected chi connectivity index (χ2v) is 4.14. The zero-order valence-corrected chi connectivity index (χ0v) is 10.1. The first kappa shape index (κ1) is 11.4. The number of carboxylic acid groups (broad SMARTS) is 1. The quantitative estimate of drug-likeness (QED) is 0.568. The number of carboxylic acids is 1. The molecule has 0 bridgehead atoms. The van der Waals surface area contributed by atoms with Crippen LogP contribution in [-0.2, 0) is 0 Å². The van der Waals surface area contributed by atoms with Crippen LogP contribution in [-0.4, -0.2) is 34.2 Å². The summed E-state index contributed by atoms with van der Waals surface area (Å²) >= 11 is 0. The van der Waals surface area contributed by atoms with Crippen LogP contribution in [0.1, 0.15) is 15.9 Å². The maximum Gasteiger partial charge on any atom is 0.335 e. The van der Waals surface area contributed by atoms with E-state index in [-0.39, 0.29) is 5.56 Å². The molecule has 1 aromatic carbocycles. The Morgan fingerprint density at radius 3 is 3.00 bits per heavy atom. The lowest BCUT2D eigenvalue weighted by Gasteiger charge is -2.20. The molecule has 98 valence electrons. The van der Waals surface area contributed by atoms with Crippen molar-refractivity contribution in [1.29, 1.82) is 0 Å². The molecule has 3 rings (SSSR count). The normalized spacial score (nSPS) is 17.9. The first-order valence-corrected chi connectivity index (χ1v) is 5.55. The van der Waals surface area contributed by atoms with E-state index in [4.69, 9.17) is 10.8 Å². The molecule has 0 fully saturated rings. The van der Waals surface area contributed by atoms with Gasteiger partial charge in [-0.3, -0.25) is 10.9 Å². The van der Waals surface area contributed by atoms with Crippen molar-refractivity contribution in [1.82, 2.24) is 21.0 Å². The highest BCUT2D eigenvalue weighted by Crippen LogP contribution is 2.26. The number of hydrogen-bond donors (Lipinski definition) is 4. The van der Waals surface area contributed by atoms with Gasteiger partial charge in [0, 0.05) is 12.6 Å². The highest BCUT2D eigenvalue weighted by atomic mass is 16.4. The lowest BCUT2D eigenvalue weighted by molar-refractivity contribution is 0.0697. The van der Waals surface area contributed by atoms with E-state index >= 15 is 0 Å². The molecule has 19 heavy (non-hydrogen) atoms. The molecular formula is C11H12N6O2. The monoisotopic (exact) mass is 260 g/mol. The predicted molar refractivity (Wildman–Crippen MR) is 67.8 cm³/mol. The fourth-order valence-electron chi connectivity index (χ4n) is 2.06. The average molecular weight is 260 g/mol. The minimum atomic E-state index is -0.967. The van der Waals surface area contributed by atoms with Crippen LogP contribution in [0.15, 0.2) is 35.2 Å². The number of guanidine groups is 1. The highest BCUT2D eigenvalue weighted by molar-refractivity contribution is 5.90. The van der Waals surface area contributed by atoms with E-state index in [2.05, 4.69) is 16.0 Å². The van der Waals surface area contributed by atoms with Crippen molar-refractivity contribution in [2.75, 3.05) is 7.05 Å². The number of nitrogens with two attached hydrogens (primary N) is 1. The lowest BCUT2D eigenvalue weighted by Crippen LogP contribution is -2.45. The van der Waals surface area contributed by atoms with Crippen molar-refractivity contribution in [3.8, 4) is 0 Å². The molecule has 0 radical (unpaired) electrons. The molecule has 0 aromatic heterocycles. The molecule has 0 amide bonds. The number of nitrogens with one attached hydrogen (secondary N) is 2. The molecule has 5 N–H and O–H groups in total. The number of fused-ring (bicyclic) bond motifs is 1. The first-order chi connectivity index (χ1) is 9.08. The van der Waals surface area contributed by atoms with Crippen molar-refractivity contribution in [2.24, 2.45) is 10.8 Å². The summed E-state index contributed by atoms with van der Waals surface area (Å²) in [5.74, 6) is 0.0164. The van der Waals surface area contributed by atoms with Crippen LogP contribution in [0.2, 0.25) is 0 Å². The van der Waals surface area contributed by atoms with Gasteiger partial charge in [0.2, 0.25) is 5.96 Å². The summed E-state index contributed by atoms with van der Waals surface area (Å²) in [5, 5.41) is 16.3. The first-order valence-electron chi connectivity index (χ1n) is 5.55. The van der Waals surface area contributed by atoms with Crippen LogP contribution in [0.4, 0.5) is 0 Å². The topological polar surface area (TPSA) is 106 Å². The van der Waals surface area contributed by atoms with E-state index in [1.54, 1.807) is 35.4 Å². The van der Waals surface area contributed by atoms with Crippen molar-refractivity contribution >= 4 is 17.6 Å². The maximum atomic E-state index is 11.0. The van der Waals surface area contributed by atoms with Crippen LogP contribution in [0, 0.1) is 0 Å². The van der Waals surface area contributed by atoms with E-state index in [9.17, 15) is 4.79 Å². The smallest absolute Gasteiger partial charge is 0.335 e. The van der Waals surface area contributed by atoms with Crippen molar-refractivity contribution in [3.05, 3.63) is 41.2 Å². The summed E-state index contributed by atoms with van der Waals surface area (Å²) in [6.45, 7) is 0. The number of carbonyl (C=O) groups is 1. The lowest BCUT2D eigenvalue weighted by atomic mass is 10.1. The summed E-state index contributed by atoms with van der Waals surface area (Å²) in [5.41, 5.74) is 13.3.